The number of halogens is 1. The Labute approximate surface area is 84.5 Å². The van der Waals surface area contributed by atoms with E-state index < -0.39 is 15.3 Å². The molecule has 5 nitrogen and oxygen atoms in total. The highest BCUT2D eigenvalue weighted by atomic mass is 35.7. The van der Waals surface area contributed by atoms with Gasteiger partial charge in [-0.05, 0) is 12.1 Å². The van der Waals surface area contributed by atoms with Gasteiger partial charge in [-0.2, -0.15) is 8.42 Å². The Kier molecular flexibility index (Phi) is 2.97. The second-order valence-corrected chi connectivity index (χ2v) is 4.36. The van der Waals surface area contributed by atoms with E-state index in [-0.39, 0.29) is 11.3 Å². The maximum atomic E-state index is 10.6. The van der Waals surface area contributed by atoms with Crippen molar-refractivity contribution in [1.29, 1.82) is 0 Å². The lowest BCUT2D eigenvalue weighted by atomic mass is 10.2. The van der Waals surface area contributed by atoms with Gasteiger partial charge in [0.1, 0.15) is 5.56 Å². The number of carboxylic acids is 1. The Morgan fingerprint density at radius 1 is 1.36 bits per heavy atom. The van der Waals surface area contributed by atoms with Crippen LogP contribution in [0.2, 0.25) is 0 Å². The molecule has 0 heterocycles. The molecule has 76 valence electrons. The largest absolute Gasteiger partial charge is 0.478 e. The van der Waals surface area contributed by atoms with Gasteiger partial charge in [0.05, 0.1) is 10.7 Å². The first-order chi connectivity index (χ1) is 6.40. The molecule has 0 spiro atoms. The number of benzene rings is 1. The van der Waals surface area contributed by atoms with E-state index >= 15 is 0 Å². The highest BCUT2D eigenvalue weighted by Crippen LogP contribution is 2.20. The molecular weight excluding hydrogens is 232 g/mol. The van der Waals surface area contributed by atoms with Gasteiger partial charge in [-0.25, -0.2) is 4.79 Å². The normalized spacial score (nSPS) is 10.9. The molecule has 0 aromatic heterocycles. The fraction of sp³-hybridized carbons (Fsp3) is 0. The molecule has 7 heteroatoms. The van der Waals surface area contributed by atoms with Crippen molar-refractivity contribution in [3.05, 3.63) is 29.8 Å². The van der Waals surface area contributed by atoms with Gasteiger partial charge in [0.15, 0.2) is 5.75 Å². The van der Waals surface area contributed by atoms with Gasteiger partial charge in [-0.3, -0.25) is 0 Å². The van der Waals surface area contributed by atoms with Crippen molar-refractivity contribution < 1.29 is 22.5 Å². The van der Waals surface area contributed by atoms with Gasteiger partial charge in [-0.15, -0.1) is 0 Å². The standard InChI is InChI=1S/C7H5ClO5S/c8-14(11,12)13-6-4-2-1-3-5(6)7(9)10/h1-4H,(H,9,10). The zero-order valence-electron chi connectivity index (χ0n) is 6.68. The van der Waals surface area contributed by atoms with Gasteiger partial charge >= 0.3 is 15.3 Å². The van der Waals surface area contributed by atoms with Crippen LogP contribution in [0.5, 0.6) is 5.75 Å². The topological polar surface area (TPSA) is 80.7 Å². The van der Waals surface area contributed by atoms with E-state index in [1.165, 1.54) is 24.3 Å². The number of carbonyl (C=O) groups is 1. The van der Waals surface area contributed by atoms with Crippen molar-refractivity contribution in [1.82, 2.24) is 0 Å². The summed E-state index contributed by atoms with van der Waals surface area (Å²) in [5.74, 6) is -1.60. The molecule has 0 aliphatic heterocycles. The molecule has 0 fully saturated rings. The van der Waals surface area contributed by atoms with Crippen LogP contribution in [0, 0.1) is 0 Å². The molecule has 1 rings (SSSR count). The van der Waals surface area contributed by atoms with Crippen LogP contribution in [0.1, 0.15) is 10.4 Å². The Hall–Kier alpha value is -1.27. The summed E-state index contributed by atoms with van der Waals surface area (Å²) in [6.07, 6.45) is 0. The molecule has 14 heavy (non-hydrogen) atoms. The molecule has 0 bridgehead atoms. The molecule has 0 saturated heterocycles. The monoisotopic (exact) mass is 236 g/mol. The number of hydrogen-bond acceptors (Lipinski definition) is 4. The zero-order valence-corrected chi connectivity index (χ0v) is 8.25. The van der Waals surface area contributed by atoms with Crippen molar-refractivity contribution in [3.63, 3.8) is 0 Å². The van der Waals surface area contributed by atoms with Gasteiger partial charge in [0.25, 0.3) is 0 Å². The summed E-state index contributed by atoms with van der Waals surface area (Å²) >= 11 is 0. The third kappa shape index (κ3) is 2.90. The first kappa shape index (κ1) is 10.8. The zero-order chi connectivity index (χ0) is 10.8. The molecule has 0 radical (unpaired) electrons. The highest BCUT2D eigenvalue weighted by Gasteiger charge is 2.15. The maximum absolute atomic E-state index is 10.6. The van der Waals surface area contributed by atoms with E-state index in [0.717, 1.165) is 0 Å². The number of para-hydroxylation sites is 1. The van der Waals surface area contributed by atoms with Gasteiger partial charge < -0.3 is 9.29 Å². The summed E-state index contributed by atoms with van der Waals surface area (Å²) in [6.45, 7) is 0. The van der Waals surface area contributed by atoms with E-state index in [0.29, 0.717) is 0 Å². The summed E-state index contributed by atoms with van der Waals surface area (Å²) in [5.41, 5.74) is -0.267. The second kappa shape index (κ2) is 3.85. The van der Waals surface area contributed by atoms with Gasteiger partial charge in [0, 0.05) is 0 Å². The molecule has 0 aliphatic carbocycles. The summed E-state index contributed by atoms with van der Waals surface area (Å²) in [4.78, 5) is 10.6. The molecule has 1 N–H and O–H groups in total. The molecule has 1 aromatic carbocycles. The van der Waals surface area contributed by atoms with Crippen LogP contribution in [0.15, 0.2) is 24.3 Å². The van der Waals surface area contributed by atoms with Crippen LogP contribution >= 0.6 is 10.7 Å². The quantitative estimate of drug-likeness (QED) is 0.799. The third-order valence-corrected chi connectivity index (χ3v) is 1.87. The summed E-state index contributed by atoms with van der Waals surface area (Å²) < 4.78 is 25.3. The summed E-state index contributed by atoms with van der Waals surface area (Å²) in [7, 11) is 0.577. The predicted molar refractivity (Wildman–Crippen MR) is 48.8 cm³/mol. The van der Waals surface area contributed by atoms with E-state index in [2.05, 4.69) is 4.18 Å². The lowest BCUT2D eigenvalue weighted by Gasteiger charge is -2.03. The predicted octanol–water partition coefficient (Wildman–Crippen LogP) is 1.25. The minimum absolute atomic E-state index is 0.267. The Morgan fingerprint density at radius 3 is 2.43 bits per heavy atom. The minimum atomic E-state index is -4.22. The van der Waals surface area contributed by atoms with Crippen LogP contribution in [-0.4, -0.2) is 19.5 Å². The summed E-state index contributed by atoms with van der Waals surface area (Å²) in [6, 6.07) is 5.28. The summed E-state index contributed by atoms with van der Waals surface area (Å²) in [5, 5.41) is 8.64. The van der Waals surface area contributed by atoms with E-state index in [1.54, 1.807) is 0 Å². The Morgan fingerprint density at radius 2 is 1.93 bits per heavy atom. The van der Waals surface area contributed by atoms with Crippen molar-refractivity contribution in [3.8, 4) is 5.75 Å². The van der Waals surface area contributed by atoms with E-state index in [4.69, 9.17) is 15.8 Å². The molecule has 0 amide bonds. The Balaban J connectivity index is 3.15. The van der Waals surface area contributed by atoms with E-state index in [1.807, 2.05) is 0 Å². The third-order valence-electron chi connectivity index (χ3n) is 1.31. The molecule has 1 aromatic rings. The fourth-order valence-electron chi connectivity index (χ4n) is 0.823. The molecule has 0 atom stereocenters. The number of hydrogen-bond donors (Lipinski definition) is 1. The average molecular weight is 237 g/mol. The van der Waals surface area contributed by atoms with Crippen LogP contribution in [0.3, 0.4) is 0 Å². The van der Waals surface area contributed by atoms with Crippen LogP contribution < -0.4 is 4.18 Å². The smallest absolute Gasteiger partial charge is 0.401 e. The average Bonchev–Trinajstić information content (AvgIpc) is 2.01. The fourth-order valence-corrected chi connectivity index (χ4v) is 1.39. The maximum Gasteiger partial charge on any atom is 0.401 e. The Bertz CT molecular complexity index is 453. The first-order valence-corrected chi connectivity index (χ1v) is 5.60. The van der Waals surface area contributed by atoms with Crippen molar-refractivity contribution in [2.24, 2.45) is 0 Å². The molecule has 0 saturated carbocycles. The van der Waals surface area contributed by atoms with Gasteiger partial charge in [-0.1, -0.05) is 12.1 Å². The second-order valence-electron chi connectivity index (χ2n) is 2.28. The lowest BCUT2D eigenvalue weighted by molar-refractivity contribution is 0.0695. The van der Waals surface area contributed by atoms with E-state index in [9.17, 15) is 13.2 Å². The van der Waals surface area contributed by atoms with Crippen LogP contribution in [0.4, 0.5) is 0 Å². The number of rotatable bonds is 3. The van der Waals surface area contributed by atoms with Crippen molar-refractivity contribution in [2.45, 2.75) is 0 Å². The van der Waals surface area contributed by atoms with Crippen LogP contribution in [-0.2, 0) is 9.33 Å². The number of aromatic carboxylic acids is 1. The highest BCUT2D eigenvalue weighted by molar-refractivity contribution is 8.10. The lowest BCUT2D eigenvalue weighted by Crippen LogP contribution is -2.05. The van der Waals surface area contributed by atoms with Crippen LogP contribution in [0.25, 0.3) is 0 Å². The molecule has 0 unspecified atom stereocenters. The SMILES string of the molecule is O=C(O)c1ccccc1OS(=O)(=O)Cl. The first-order valence-electron chi connectivity index (χ1n) is 3.36. The molecule has 0 aliphatic rings. The minimum Gasteiger partial charge on any atom is -0.478 e. The molecular formula is C7H5ClO5S. The van der Waals surface area contributed by atoms with Crippen molar-refractivity contribution in [2.75, 3.05) is 0 Å². The number of carboxylic acid groups (broad SMARTS) is 1. The van der Waals surface area contributed by atoms with Crippen molar-refractivity contribution >= 4 is 26.0 Å². The van der Waals surface area contributed by atoms with Gasteiger partial charge in [0.2, 0.25) is 0 Å².